The van der Waals surface area contributed by atoms with E-state index in [2.05, 4.69) is 20.0 Å². The van der Waals surface area contributed by atoms with E-state index in [-0.39, 0.29) is 12.5 Å². The molecule has 1 aliphatic rings. The molecule has 1 amide bonds. The van der Waals surface area contributed by atoms with Crippen LogP contribution in [0, 0.1) is 0 Å². The van der Waals surface area contributed by atoms with E-state index in [0.717, 1.165) is 36.5 Å². The number of hydrogen-bond acceptors (Lipinski definition) is 7. The number of aromatic amines is 1. The van der Waals surface area contributed by atoms with Gasteiger partial charge in [0.25, 0.3) is 5.91 Å². The maximum atomic E-state index is 13.1. The van der Waals surface area contributed by atoms with Gasteiger partial charge in [0.05, 0.1) is 11.0 Å². The van der Waals surface area contributed by atoms with Gasteiger partial charge in [-0.1, -0.05) is 24.2 Å². The summed E-state index contributed by atoms with van der Waals surface area (Å²) >= 11 is 0. The molecule has 0 atom stereocenters. The number of rotatable bonds is 6. The van der Waals surface area contributed by atoms with Gasteiger partial charge in [0.2, 0.25) is 17.7 Å². The van der Waals surface area contributed by atoms with Gasteiger partial charge in [-0.2, -0.15) is 4.98 Å². The Kier molecular flexibility index (Phi) is 5.93. The second-order valence-electron chi connectivity index (χ2n) is 7.98. The number of carbonyl (C=O) groups excluding carboxylic acids is 1. The normalized spacial score (nSPS) is 14.5. The predicted octanol–water partition coefficient (Wildman–Crippen LogP) is 3.44. The molecular formula is C24H26N6O3. The highest BCUT2D eigenvalue weighted by molar-refractivity contribution is 5.94. The van der Waals surface area contributed by atoms with E-state index in [1.165, 1.54) is 0 Å². The number of nitrogens with one attached hydrogen (secondary N) is 1. The fourth-order valence-electron chi connectivity index (χ4n) is 3.94. The van der Waals surface area contributed by atoms with Crippen LogP contribution in [-0.2, 0) is 13.0 Å². The zero-order valence-electron chi connectivity index (χ0n) is 18.5. The Morgan fingerprint density at radius 3 is 2.70 bits per heavy atom. The molecule has 1 saturated heterocycles. The number of anilines is 1. The number of hydrogen-bond donors (Lipinski definition) is 1. The Balaban J connectivity index is 1.18. The second-order valence-corrected chi connectivity index (χ2v) is 7.98. The molecule has 2 aromatic heterocycles. The minimum atomic E-state index is 0.0266. The van der Waals surface area contributed by atoms with Crippen molar-refractivity contribution in [3.8, 4) is 5.75 Å². The zero-order valence-corrected chi connectivity index (χ0v) is 18.5. The third-order valence-corrected chi connectivity index (χ3v) is 5.74. The number of fused-ring (bicyclic) bond motifs is 1. The number of aryl methyl sites for hydroxylation is 1. The van der Waals surface area contributed by atoms with Crippen molar-refractivity contribution in [3.05, 3.63) is 65.8 Å². The number of imidazole rings is 1. The molecule has 4 aromatic rings. The molecule has 3 heterocycles. The topological polar surface area (TPSA) is 100 Å². The van der Waals surface area contributed by atoms with Crippen molar-refractivity contribution in [2.75, 3.05) is 31.1 Å². The van der Waals surface area contributed by atoms with Crippen LogP contribution in [0.5, 0.6) is 5.75 Å². The number of carbonyl (C=O) groups is 1. The zero-order chi connectivity index (χ0) is 22.6. The van der Waals surface area contributed by atoms with Gasteiger partial charge in [0.15, 0.2) is 6.61 Å². The highest BCUT2D eigenvalue weighted by atomic mass is 16.5. The molecule has 0 saturated carbocycles. The van der Waals surface area contributed by atoms with E-state index >= 15 is 0 Å². The summed E-state index contributed by atoms with van der Waals surface area (Å²) in [6.45, 7) is 5.12. The molecule has 0 unspecified atom stereocenters. The Morgan fingerprint density at radius 1 is 1.06 bits per heavy atom. The van der Waals surface area contributed by atoms with Crippen LogP contribution in [0.2, 0.25) is 0 Å². The molecule has 1 N–H and O–H groups in total. The molecule has 1 aliphatic heterocycles. The fraction of sp³-hybridized carbons (Fsp3) is 0.333. The minimum Gasteiger partial charge on any atom is -0.485 e. The van der Waals surface area contributed by atoms with Gasteiger partial charge in [-0.25, -0.2) is 4.98 Å². The molecule has 0 bridgehead atoms. The van der Waals surface area contributed by atoms with Crippen molar-refractivity contribution in [3.63, 3.8) is 0 Å². The first-order valence-electron chi connectivity index (χ1n) is 11.2. The SMILES string of the molecule is CCc1nc(COc2ccc(C(=O)N3CCCN(c4nc5ccccc5[nH]4)CC3)cc2)no1. The first-order chi connectivity index (χ1) is 16.2. The summed E-state index contributed by atoms with van der Waals surface area (Å²) in [5.41, 5.74) is 2.63. The van der Waals surface area contributed by atoms with E-state index in [1.54, 1.807) is 24.3 Å². The minimum absolute atomic E-state index is 0.0266. The van der Waals surface area contributed by atoms with Gasteiger partial charge in [-0.15, -0.1) is 0 Å². The quantitative estimate of drug-likeness (QED) is 0.484. The summed E-state index contributed by atoms with van der Waals surface area (Å²) in [5, 5.41) is 3.88. The predicted molar refractivity (Wildman–Crippen MR) is 123 cm³/mol. The largest absolute Gasteiger partial charge is 0.485 e. The first-order valence-corrected chi connectivity index (χ1v) is 11.2. The van der Waals surface area contributed by atoms with E-state index in [9.17, 15) is 4.79 Å². The van der Waals surface area contributed by atoms with Crippen LogP contribution in [0.1, 0.15) is 35.4 Å². The molecule has 0 spiro atoms. The Morgan fingerprint density at radius 2 is 1.91 bits per heavy atom. The number of ether oxygens (including phenoxy) is 1. The van der Waals surface area contributed by atoms with Crippen LogP contribution >= 0.6 is 0 Å². The Labute approximate surface area is 191 Å². The van der Waals surface area contributed by atoms with Crippen molar-refractivity contribution in [1.82, 2.24) is 25.0 Å². The summed E-state index contributed by atoms with van der Waals surface area (Å²) in [4.78, 5) is 29.5. The molecule has 170 valence electrons. The van der Waals surface area contributed by atoms with Crippen LogP contribution in [0.15, 0.2) is 53.1 Å². The summed E-state index contributed by atoms with van der Waals surface area (Å²) in [6.07, 6.45) is 1.57. The Bertz CT molecular complexity index is 1200. The summed E-state index contributed by atoms with van der Waals surface area (Å²) in [6, 6.07) is 15.2. The van der Waals surface area contributed by atoms with Crippen LogP contribution in [0.3, 0.4) is 0 Å². The van der Waals surface area contributed by atoms with Crippen LogP contribution in [0.25, 0.3) is 11.0 Å². The lowest BCUT2D eigenvalue weighted by molar-refractivity contribution is 0.0767. The van der Waals surface area contributed by atoms with Crippen LogP contribution < -0.4 is 9.64 Å². The van der Waals surface area contributed by atoms with E-state index in [0.29, 0.717) is 42.5 Å². The lowest BCUT2D eigenvalue weighted by Gasteiger charge is -2.22. The number of nitrogens with zero attached hydrogens (tertiary/aromatic N) is 5. The molecule has 9 heteroatoms. The van der Waals surface area contributed by atoms with Gasteiger partial charge < -0.3 is 24.0 Å². The van der Waals surface area contributed by atoms with Crippen molar-refractivity contribution >= 4 is 22.9 Å². The van der Waals surface area contributed by atoms with Crippen molar-refractivity contribution in [1.29, 1.82) is 0 Å². The second kappa shape index (κ2) is 9.32. The highest BCUT2D eigenvalue weighted by Gasteiger charge is 2.22. The number of para-hydroxylation sites is 2. The van der Waals surface area contributed by atoms with E-state index in [1.807, 2.05) is 36.1 Å². The highest BCUT2D eigenvalue weighted by Crippen LogP contribution is 2.20. The van der Waals surface area contributed by atoms with Crippen molar-refractivity contribution < 1.29 is 14.1 Å². The summed E-state index contributed by atoms with van der Waals surface area (Å²) < 4.78 is 10.8. The fourth-order valence-corrected chi connectivity index (χ4v) is 3.94. The smallest absolute Gasteiger partial charge is 0.253 e. The number of aromatic nitrogens is 4. The standard InChI is InChI=1S/C24H26N6O3/c1-2-22-27-21(28-33-22)16-32-18-10-8-17(9-11-18)23(31)29-12-5-13-30(15-14-29)24-25-19-6-3-4-7-20(19)26-24/h3-4,6-11H,2,5,12-16H2,1H3,(H,25,26). The van der Waals surface area contributed by atoms with Gasteiger partial charge >= 0.3 is 0 Å². The van der Waals surface area contributed by atoms with Gasteiger partial charge in [0.1, 0.15) is 5.75 Å². The third-order valence-electron chi connectivity index (χ3n) is 5.74. The maximum Gasteiger partial charge on any atom is 0.253 e. The number of H-pyrrole nitrogens is 1. The molecule has 0 radical (unpaired) electrons. The lowest BCUT2D eigenvalue weighted by atomic mass is 10.2. The van der Waals surface area contributed by atoms with Crippen molar-refractivity contribution in [2.45, 2.75) is 26.4 Å². The van der Waals surface area contributed by atoms with Gasteiger partial charge in [-0.05, 0) is 42.8 Å². The number of amides is 1. The molecule has 9 nitrogen and oxygen atoms in total. The van der Waals surface area contributed by atoms with E-state index < -0.39 is 0 Å². The molecule has 1 fully saturated rings. The van der Waals surface area contributed by atoms with Gasteiger partial charge in [-0.3, -0.25) is 4.79 Å². The molecule has 2 aromatic carbocycles. The maximum absolute atomic E-state index is 13.1. The molecular weight excluding hydrogens is 420 g/mol. The molecule has 0 aliphatic carbocycles. The number of benzene rings is 2. The Hall–Kier alpha value is -3.88. The molecule has 33 heavy (non-hydrogen) atoms. The van der Waals surface area contributed by atoms with Crippen LogP contribution in [0.4, 0.5) is 5.95 Å². The third kappa shape index (κ3) is 4.67. The average molecular weight is 447 g/mol. The monoisotopic (exact) mass is 446 g/mol. The van der Waals surface area contributed by atoms with Crippen molar-refractivity contribution in [2.24, 2.45) is 0 Å². The van der Waals surface area contributed by atoms with E-state index in [4.69, 9.17) is 14.2 Å². The average Bonchev–Trinajstić information content (AvgIpc) is 3.43. The van der Waals surface area contributed by atoms with Crippen LogP contribution in [-0.4, -0.2) is 57.1 Å². The summed E-state index contributed by atoms with van der Waals surface area (Å²) in [7, 11) is 0. The molecule has 5 rings (SSSR count). The first kappa shape index (κ1) is 21.0. The summed E-state index contributed by atoms with van der Waals surface area (Å²) in [5.74, 6) is 2.64. The van der Waals surface area contributed by atoms with Gasteiger partial charge in [0, 0.05) is 38.2 Å². The lowest BCUT2D eigenvalue weighted by Crippen LogP contribution is -2.35.